The summed E-state index contributed by atoms with van der Waals surface area (Å²) in [5, 5.41) is 11.8. The van der Waals surface area contributed by atoms with Crippen molar-refractivity contribution in [2.75, 3.05) is 23.7 Å². The molecule has 1 aromatic rings. The fourth-order valence-corrected chi connectivity index (χ4v) is 4.37. The van der Waals surface area contributed by atoms with Gasteiger partial charge in [-0.1, -0.05) is 12.8 Å². The molecule has 2 fully saturated rings. The molecule has 3 N–H and O–H groups in total. The number of aromatic nitrogens is 1. The van der Waals surface area contributed by atoms with Crippen molar-refractivity contribution < 1.29 is 9.84 Å². The first-order chi connectivity index (χ1) is 9.99. The Hall–Kier alpha value is -1.01. The van der Waals surface area contributed by atoms with Crippen LogP contribution in [0.4, 0.5) is 10.8 Å². The molecule has 5 nitrogen and oxygen atoms in total. The van der Waals surface area contributed by atoms with Crippen LogP contribution in [0.15, 0.2) is 0 Å². The van der Waals surface area contributed by atoms with Gasteiger partial charge in [0.1, 0.15) is 0 Å². The van der Waals surface area contributed by atoms with Gasteiger partial charge in [-0.25, -0.2) is 0 Å². The fraction of sp³-hybridized carbons (Fsp3) is 0.800. The summed E-state index contributed by atoms with van der Waals surface area (Å²) in [6, 6.07) is 0. The van der Waals surface area contributed by atoms with Gasteiger partial charge in [0.05, 0.1) is 11.7 Å². The third kappa shape index (κ3) is 2.83. The van der Waals surface area contributed by atoms with Gasteiger partial charge in [0.15, 0.2) is 16.6 Å². The SMILES string of the molecule is CC(C)Oc1c(N)nsc1N1CCC2(O)CCCCC2C1. The van der Waals surface area contributed by atoms with Crippen molar-refractivity contribution in [1.29, 1.82) is 0 Å². The molecular weight excluding hydrogens is 286 g/mol. The number of aliphatic hydroxyl groups is 1. The van der Waals surface area contributed by atoms with Crippen LogP contribution in [0.25, 0.3) is 0 Å². The standard InChI is InChI=1S/C15H25N3O2S/c1-10(2)20-12-13(16)17-21-14(12)18-8-7-15(19)6-4-3-5-11(15)9-18/h10-11,19H,3-9H2,1-2H3,(H2,16,17). The van der Waals surface area contributed by atoms with Crippen molar-refractivity contribution >= 4 is 22.4 Å². The third-order valence-corrected chi connectivity index (χ3v) is 5.63. The molecule has 1 saturated heterocycles. The van der Waals surface area contributed by atoms with E-state index in [1.165, 1.54) is 18.0 Å². The quantitative estimate of drug-likeness (QED) is 0.898. The molecular formula is C15H25N3O2S. The molecule has 21 heavy (non-hydrogen) atoms. The van der Waals surface area contributed by atoms with E-state index in [0.717, 1.165) is 49.5 Å². The average Bonchev–Trinajstić information content (AvgIpc) is 2.79. The Labute approximate surface area is 130 Å². The van der Waals surface area contributed by atoms with Crippen molar-refractivity contribution in [2.45, 2.75) is 57.7 Å². The molecule has 0 radical (unpaired) electrons. The highest BCUT2D eigenvalue weighted by molar-refractivity contribution is 7.11. The fourth-order valence-electron chi connectivity index (χ4n) is 3.59. The van der Waals surface area contributed by atoms with Gasteiger partial charge < -0.3 is 20.5 Å². The molecule has 3 rings (SSSR count). The number of fused-ring (bicyclic) bond motifs is 1. The van der Waals surface area contributed by atoms with Crippen molar-refractivity contribution in [2.24, 2.45) is 5.92 Å². The molecule has 0 bridgehead atoms. The Kier molecular flexibility index (Phi) is 4.01. The molecule has 6 heteroatoms. The maximum Gasteiger partial charge on any atom is 0.198 e. The van der Waals surface area contributed by atoms with E-state index in [-0.39, 0.29) is 6.10 Å². The van der Waals surface area contributed by atoms with Crippen LogP contribution in [0.5, 0.6) is 5.75 Å². The van der Waals surface area contributed by atoms with Crippen LogP contribution in [0.1, 0.15) is 46.0 Å². The molecule has 118 valence electrons. The van der Waals surface area contributed by atoms with Crippen LogP contribution < -0.4 is 15.4 Å². The van der Waals surface area contributed by atoms with Gasteiger partial charge in [0.2, 0.25) is 0 Å². The van der Waals surface area contributed by atoms with Gasteiger partial charge in [-0.15, -0.1) is 0 Å². The molecule has 2 aliphatic rings. The van der Waals surface area contributed by atoms with Gasteiger partial charge in [-0.3, -0.25) is 0 Å². The number of nitrogens with zero attached hydrogens (tertiary/aromatic N) is 2. The van der Waals surface area contributed by atoms with E-state index in [4.69, 9.17) is 10.5 Å². The number of nitrogen functional groups attached to an aromatic ring is 1. The predicted molar refractivity (Wildman–Crippen MR) is 86.0 cm³/mol. The second-order valence-electron chi connectivity index (χ2n) is 6.61. The minimum atomic E-state index is -0.454. The van der Waals surface area contributed by atoms with E-state index in [0.29, 0.717) is 11.7 Å². The zero-order valence-corrected chi connectivity index (χ0v) is 13.7. The lowest BCUT2D eigenvalue weighted by atomic mass is 9.71. The van der Waals surface area contributed by atoms with Crippen molar-refractivity contribution in [3.8, 4) is 5.75 Å². The highest BCUT2D eigenvalue weighted by atomic mass is 32.1. The molecule has 0 amide bonds. The molecule has 1 aliphatic heterocycles. The van der Waals surface area contributed by atoms with Crippen molar-refractivity contribution in [3.05, 3.63) is 0 Å². The van der Waals surface area contributed by atoms with Gasteiger partial charge in [0, 0.05) is 19.0 Å². The van der Waals surface area contributed by atoms with E-state index >= 15 is 0 Å². The lowest BCUT2D eigenvalue weighted by Crippen LogP contribution is -2.53. The molecule has 1 aromatic heterocycles. The van der Waals surface area contributed by atoms with Gasteiger partial charge in [0.25, 0.3) is 0 Å². The number of piperidine rings is 1. The number of hydrogen-bond acceptors (Lipinski definition) is 6. The molecule has 2 heterocycles. The number of ether oxygens (including phenoxy) is 1. The third-order valence-electron chi connectivity index (χ3n) is 4.73. The second-order valence-corrected chi connectivity index (χ2v) is 7.36. The lowest BCUT2D eigenvalue weighted by Gasteiger charge is -2.47. The first kappa shape index (κ1) is 14.9. The molecule has 0 aromatic carbocycles. The van der Waals surface area contributed by atoms with Gasteiger partial charge in [-0.2, -0.15) is 4.37 Å². The van der Waals surface area contributed by atoms with E-state index in [1.807, 2.05) is 13.8 Å². The minimum absolute atomic E-state index is 0.0823. The Morgan fingerprint density at radius 1 is 1.43 bits per heavy atom. The summed E-state index contributed by atoms with van der Waals surface area (Å²) in [6.45, 7) is 5.73. The largest absolute Gasteiger partial charge is 0.484 e. The minimum Gasteiger partial charge on any atom is -0.484 e. The summed E-state index contributed by atoms with van der Waals surface area (Å²) in [5.74, 6) is 1.56. The Balaban J connectivity index is 1.79. The van der Waals surface area contributed by atoms with Crippen LogP contribution in [-0.4, -0.2) is 34.3 Å². The van der Waals surface area contributed by atoms with Gasteiger partial charge in [-0.05, 0) is 44.6 Å². The van der Waals surface area contributed by atoms with E-state index in [9.17, 15) is 5.11 Å². The maximum absolute atomic E-state index is 10.8. The highest BCUT2D eigenvalue weighted by Gasteiger charge is 2.43. The van der Waals surface area contributed by atoms with E-state index < -0.39 is 5.60 Å². The molecule has 0 spiro atoms. The molecule has 1 saturated carbocycles. The summed E-state index contributed by atoms with van der Waals surface area (Å²) in [7, 11) is 0. The predicted octanol–water partition coefficient (Wildman–Crippen LogP) is 2.64. The normalized spacial score (nSPS) is 29.5. The number of anilines is 2. The highest BCUT2D eigenvalue weighted by Crippen LogP contribution is 2.45. The first-order valence-corrected chi connectivity index (χ1v) is 8.66. The van der Waals surface area contributed by atoms with E-state index in [1.54, 1.807) is 0 Å². The van der Waals surface area contributed by atoms with Gasteiger partial charge >= 0.3 is 0 Å². The number of rotatable bonds is 3. The summed E-state index contributed by atoms with van der Waals surface area (Å²) in [4.78, 5) is 2.30. The van der Waals surface area contributed by atoms with Crippen LogP contribution in [0.3, 0.4) is 0 Å². The van der Waals surface area contributed by atoms with Crippen LogP contribution in [0, 0.1) is 5.92 Å². The van der Waals surface area contributed by atoms with Crippen LogP contribution in [0.2, 0.25) is 0 Å². The first-order valence-electron chi connectivity index (χ1n) is 7.89. The topological polar surface area (TPSA) is 71.6 Å². The zero-order valence-electron chi connectivity index (χ0n) is 12.8. The van der Waals surface area contributed by atoms with Crippen molar-refractivity contribution in [1.82, 2.24) is 4.37 Å². The summed E-state index contributed by atoms with van der Waals surface area (Å²) < 4.78 is 10.1. The monoisotopic (exact) mass is 311 g/mol. The summed E-state index contributed by atoms with van der Waals surface area (Å²) in [6.07, 6.45) is 5.35. The Bertz CT molecular complexity index is 505. The zero-order chi connectivity index (χ0) is 15.0. The van der Waals surface area contributed by atoms with Crippen LogP contribution >= 0.6 is 11.5 Å². The second kappa shape index (κ2) is 5.65. The molecule has 2 atom stereocenters. The molecule has 2 unspecified atom stereocenters. The smallest absolute Gasteiger partial charge is 0.198 e. The lowest BCUT2D eigenvalue weighted by molar-refractivity contribution is -0.0612. The molecule has 1 aliphatic carbocycles. The summed E-state index contributed by atoms with van der Waals surface area (Å²) in [5.41, 5.74) is 5.50. The average molecular weight is 311 g/mol. The Morgan fingerprint density at radius 3 is 3.00 bits per heavy atom. The Morgan fingerprint density at radius 2 is 2.24 bits per heavy atom. The van der Waals surface area contributed by atoms with Crippen LogP contribution in [-0.2, 0) is 0 Å². The maximum atomic E-state index is 10.8. The van der Waals surface area contributed by atoms with E-state index in [2.05, 4.69) is 9.27 Å². The summed E-state index contributed by atoms with van der Waals surface area (Å²) >= 11 is 1.41. The number of nitrogens with two attached hydrogens (primary N) is 1. The number of hydrogen-bond donors (Lipinski definition) is 2. The van der Waals surface area contributed by atoms with Crippen molar-refractivity contribution in [3.63, 3.8) is 0 Å².